The van der Waals surface area contributed by atoms with Gasteiger partial charge in [-0.25, -0.2) is 30.0 Å². The average molecular weight is 439 g/mol. The molecule has 9 nitrogen and oxygen atoms in total. The third kappa shape index (κ3) is 4.39. The van der Waals surface area contributed by atoms with E-state index in [2.05, 4.69) is 4.72 Å². The summed E-state index contributed by atoms with van der Waals surface area (Å²) in [5, 5.41) is 0. The topological polar surface area (TPSA) is 127 Å². The number of hydrogen-bond acceptors (Lipinski definition) is 7. The number of rotatable bonds is 5. The van der Waals surface area contributed by atoms with E-state index >= 15 is 0 Å². The highest BCUT2D eigenvalue weighted by molar-refractivity contribution is 7.93. The number of hydrogen-bond donors (Lipinski definition) is 1. The van der Waals surface area contributed by atoms with Gasteiger partial charge in [-0.1, -0.05) is 0 Å². The lowest BCUT2D eigenvalue weighted by Crippen LogP contribution is -2.38. The van der Waals surface area contributed by atoms with Crippen molar-refractivity contribution in [3.8, 4) is 5.75 Å². The highest BCUT2D eigenvalue weighted by Crippen LogP contribution is 2.32. The molecule has 0 amide bonds. The van der Waals surface area contributed by atoms with Crippen molar-refractivity contribution in [2.75, 3.05) is 35.2 Å². The maximum Gasteiger partial charge on any atom is 0.244 e. The minimum atomic E-state index is -4.10. The predicted octanol–water partition coefficient (Wildman–Crippen LogP) is 0.0906. The zero-order valence-corrected chi connectivity index (χ0v) is 17.2. The number of anilines is 1. The van der Waals surface area contributed by atoms with Crippen molar-refractivity contribution in [1.29, 1.82) is 0 Å². The lowest BCUT2D eigenvalue weighted by Gasteiger charge is -2.28. The summed E-state index contributed by atoms with van der Waals surface area (Å²) in [5.74, 6) is -0.251. The van der Waals surface area contributed by atoms with Gasteiger partial charge in [-0.15, -0.1) is 0 Å². The molecule has 0 unspecified atom stereocenters. The third-order valence-electron chi connectivity index (χ3n) is 4.63. The van der Waals surface area contributed by atoms with E-state index in [1.165, 1.54) is 29.6 Å². The second-order valence-corrected chi connectivity index (χ2v) is 12.6. The molecular formula is C15H22N2O7S3. The molecule has 12 heteroatoms. The second-order valence-electron chi connectivity index (χ2n) is 6.65. The average Bonchev–Trinajstić information content (AvgIpc) is 2.92. The molecule has 0 aliphatic carbocycles. The summed E-state index contributed by atoms with van der Waals surface area (Å²) < 4.78 is 82.2. The van der Waals surface area contributed by atoms with Crippen molar-refractivity contribution >= 4 is 35.6 Å². The van der Waals surface area contributed by atoms with Crippen molar-refractivity contribution < 1.29 is 30.0 Å². The fourth-order valence-electron chi connectivity index (χ4n) is 3.28. The van der Waals surface area contributed by atoms with Crippen LogP contribution in [0.25, 0.3) is 0 Å². The summed E-state index contributed by atoms with van der Waals surface area (Å²) in [6.45, 7) is 0.280. The fraction of sp³-hybridized carbons (Fsp3) is 0.600. The first-order chi connectivity index (χ1) is 12.5. The number of sulfone groups is 1. The Morgan fingerprint density at radius 3 is 2.48 bits per heavy atom. The minimum Gasteiger partial charge on any atom is -0.495 e. The monoisotopic (exact) mass is 438 g/mol. The molecule has 2 heterocycles. The van der Waals surface area contributed by atoms with Crippen LogP contribution < -0.4 is 13.8 Å². The van der Waals surface area contributed by atoms with Gasteiger partial charge in [0.15, 0.2) is 9.84 Å². The van der Waals surface area contributed by atoms with Crippen LogP contribution >= 0.6 is 0 Å². The lowest BCUT2D eigenvalue weighted by atomic mass is 10.2. The maximum atomic E-state index is 12.8. The smallest absolute Gasteiger partial charge is 0.244 e. The summed E-state index contributed by atoms with van der Waals surface area (Å²) in [7, 11) is -9.54. The van der Waals surface area contributed by atoms with E-state index in [1.807, 2.05) is 0 Å². The van der Waals surface area contributed by atoms with Gasteiger partial charge in [0.2, 0.25) is 20.0 Å². The molecule has 0 saturated carbocycles. The van der Waals surface area contributed by atoms with Gasteiger partial charge in [0, 0.05) is 12.6 Å². The van der Waals surface area contributed by atoms with Crippen LogP contribution in [0.5, 0.6) is 5.75 Å². The molecule has 0 radical (unpaired) electrons. The summed E-state index contributed by atoms with van der Waals surface area (Å²) in [6, 6.07) is 3.44. The van der Waals surface area contributed by atoms with Gasteiger partial charge in [0.25, 0.3) is 0 Å². The summed E-state index contributed by atoms with van der Waals surface area (Å²) in [5.41, 5.74) is 0.245. The van der Waals surface area contributed by atoms with Crippen LogP contribution in [0.2, 0.25) is 0 Å². The molecule has 152 valence electrons. The number of benzene rings is 1. The quantitative estimate of drug-likeness (QED) is 0.690. The molecule has 0 bridgehead atoms. The van der Waals surface area contributed by atoms with Crippen molar-refractivity contribution in [2.24, 2.45) is 0 Å². The first-order valence-electron chi connectivity index (χ1n) is 8.45. The Labute approximate surface area is 159 Å². The Balaban J connectivity index is 1.96. The van der Waals surface area contributed by atoms with Crippen molar-refractivity contribution in [1.82, 2.24) is 4.72 Å². The number of ether oxygens (including phenoxy) is 1. The van der Waals surface area contributed by atoms with Crippen LogP contribution in [0.3, 0.4) is 0 Å². The van der Waals surface area contributed by atoms with Crippen LogP contribution in [-0.2, 0) is 29.9 Å². The third-order valence-corrected chi connectivity index (χ3v) is 9.81. The van der Waals surface area contributed by atoms with Crippen molar-refractivity contribution in [3.63, 3.8) is 0 Å². The Hall–Kier alpha value is -1.37. The normalized spacial score (nSPS) is 24.6. The first-order valence-corrected chi connectivity index (χ1v) is 13.4. The molecular weight excluding hydrogens is 416 g/mol. The number of methoxy groups -OCH3 is 1. The van der Waals surface area contributed by atoms with Gasteiger partial charge in [0.1, 0.15) is 10.6 Å². The molecule has 2 aliphatic heterocycles. The fourth-order valence-corrected chi connectivity index (χ4v) is 8.15. The van der Waals surface area contributed by atoms with E-state index in [0.29, 0.717) is 12.8 Å². The molecule has 0 aromatic heterocycles. The first kappa shape index (κ1) is 20.4. The molecule has 1 atom stereocenters. The molecule has 2 aliphatic rings. The predicted molar refractivity (Wildman–Crippen MR) is 101 cm³/mol. The van der Waals surface area contributed by atoms with E-state index in [1.54, 1.807) is 0 Å². The van der Waals surface area contributed by atoms with E-state index in [4.69, 9.17) is 4.74 Å². The van der Waals surface area contributed by atoms with Crippen LogP contribution in [0.4, 0.5) is 5.69 Å². The van der Waals surface area contributed by atoms with Gasteiger partial charge in [-0.3, -0.25) is 4.31 Å². The molecule has 2 saturated heterocycles. The zero-order chi connectivity index (χ0) is 19.9. The number of nitrogens with one attached hydrogen (secondary N) is 1. The lowest BCUT2D eigenvalue weighted by molar-refractivity contribution is 0.402. The maximum absolute atomic E-state index is 12.8. The molecule has 1 N–H and O–H groups in total. The minimum absolute atomic E-state index is 0.0132. The second kappa shape index (κ2) is 7.22. The van der Waals surface area contributed by atoms with Gasteiger partial charge >= 0.3 is 0 Å². The summed E-state index contributed by atoms with van der Waals surface area (Å²) in [6.07, 6.45) is 1.45. The van der Waals surface area contributed by atoms with Gasteiger partial charge < -0.3 is 4.74 Å². The van der Waals surface area contributed by atoms with E-state index in [9.17, 15) is 25.3 Å². The Morgan fingerprint density at radius 2 is 1.89 bits per heavy atom. The molecule has 1 aromatic carbocycles. The van der Waals surface area contributed by atoms with Gasteiger partial charge in [-0.2, -0.15) is 0 Å². The Bertz CT molecular complexity index is 1030. The zero-order valence-electron chi connectivity index (χ0n) is 14.8. The SMILES string of the molecule is COc1ccc(N2CCCCS2(=O)=O)cc1S(=O)(=O)N[C@H]1CCS(=O)(=O)C1. The largest absolute Gasteiger partial charge is 0.495 e. The van der Waals surface area contributed by atoms with E-state index < -0.39 is 35.9 Å². The molecule has 2 fully saturated rings. The number of sulfonamides is 2. The molecule has 3 rings (SSSR count). The summed E-state index contributed by atoms with van der Waals surface area (Å²) in [4.78, 5) is -0.215. The molecule has 1 aromatic rings. The van der Waals surface area contributed by atoms with Crippen LogP contribution in [0, 0.1) is 0 Å². The highest BCUT2D eigenvalue weighted by Gasteiger charge is 2.33. The van der Waals surface area contributed by atoms with Gasteiger partial charge in [-0.05, 0) is 37.5 Å². The number of nitrogens with zero attached hydrogens (tertiary/aromatic N) is 1. The molecule has 0 spiro atoms. The van der Waals surface area contributed by atoms with Crippen molar-refractivity contribution in [3.05, 3.63) is 18.2 Å². The van der Waals surface area contributed by atoms with Crippen LogP contribution in [-0.4, -0.2) is 62.2 Å². The van der Waals surface area contributed by atoms with Crippen molar-refractivity contribution in [2.45, 2.75) is 30.2 Å². The van der Waals surface area contributed by atoms with E-state index in [0.717, 1.165) is 0 Å². The molecule has 27 heavy (non-hydrogen) atoms. The standard InChI is InChI=1S/C15H22N2O7S3/c1-24-14-5-4-13(17-7-2-3-8-26(17,20)21)10-15(14)27(22,23)16-12-6-9-25(18,19)11-12/h4-5,10,12,16H,2-3,6-9,11H2,1H3/t12-/m0/s1. The van der Waals surface area contributed by atoms with Crippen LogP contribution in [0.15, 0.2) is 23.1 Å². The summed E-state index contributed by atoms with van der Waals surface area (Å²) >= 11 is 0. The van der Waals surface area contributed by atoms with Gasteiger partial charge in [0.05, 0.1) is 30.1 Å². The van der Waals surface area contributed by atoms with E-state index in [-0.39, 0.29) is 46.6 Å². The van der Waals surface area contributed by atoms with Crippen LogP contribution in [0.1, 0.15) is 19.3 Å². The Morgan fingerprint density at radius 1 is 1.15 bits per heavy atom. The highest BCUT2D eigenvalue weighted by atomic mass is 32.2. The Kier molecular flexibility index (Phi) is 5.45.